The molecule has 1 N–H and O–H groups in total. The van der Waals surface area contributed by atoms with Crippen molar-refractivity contribution in [2.45, 2.75) is 12.5 Å². The van der Waals surface area contributed by atoms with Crippen LogP contribution in [0.3, 0.4) is 0 Å². The van der Waals surface area contributed by atoms with E-state index in [9.17, 15) is 19.5 Å². The van der Waals surface area contributed by atoms with Gasteiger partial charge in [-0.25, -0.2) is 9.59 Å². The highest BCUT2D eigenvalue weighted by Crippen LogP contribution is 2.18. The van der Waals surface area contributed by atoms with Gasteiger partial charge in [0.15, 0.2) is 0 Å². The molecule has 1 aliphatic rings. The number of carboxylic acid groups (broad SMARTS) is 2. The summed E-state index contributed by atoms with van der Waals surface area (Å²) in [5, 5.41) is 18.6. The van der Waals surface area contributed by atoms with E-state index in [2.05, 4.69) is 4.74 Å². The van der Waals surface area contributed by atoms with Gasteiger partial charge in [-0.15, -0.1) is 0 Å². The summed E-state index contributed by atoms with van der Waals surface area (Å²) in [6.45, 7) is 0. The number of cyclic esters (lactones) is 1. The summed E-state index contributed by atoms with van der Waals surface area (Å²) in [7, 11) is 0. The monoisotopic (exact) mass is 185 g/mol. The molecule has 6 nitrogen and oxygen atoms in total. The lowest BCUT2D eigenvalue weighted by Gasteiger charge is -2.11. The van der Waals surface area contributed by atoms with Crippen LogP contribution in [0, 0.1) is 0 Å². The number of hydrogen-bond acceptors (Lipinski definition) is 5. The van der Waals surface area contributed by atoms with Gasteiger partial charge in [-0.1, -0.05) is 0 Å². The van der Waals surface area contributed by atoms with Crippen molar-refractivity contribution in [3.63, 3.8) is 0 Å². The topological polar surface area (TPSA) is 104 Å². The fraction of sp³-hybridized carbons (Fsp3) is 0.286. The first-order valence-electron chi connectivity index (χ1n) is 3.36. The Morgan fingerprint density at radius 1 is 1.62 bits per heavy atom. The second-order valence-electron chi connectivity index (χ2n) is 2.41. The van der Waals surface area contributed by atoms with E-state index in [4.69, 9.17) is 5.11 Å². The minimum Gasteiger partial charge on any atom is -0.550 e. The number of ether oxygens (including phenoxy) is 1. The molecule has 0 aromatic carbocycles. The maximum absolute atomic E-state index is 10.6. The number of esters is 1. The molecule has 1 heterocycles. The highest BCUT2D eigenvalue weighted by Gasteiger charge is 2.30. The van der Waals surface area contributed by atoms with Gasteiger partial charge in [0, 0.05) is 18.5 Å². The number of aliphatic carboxylic acids is 2. The Hall–Kier alpha value is -1.85. The van der Waals surface area contributed by atoms with Crippen LogP contribution in [0.25, 0.3) is 0 Å². The number of rotatable bonds is 3. The summed E-state index contributed by atoms with van der Waals surface area (Å²) in [6, 6.07) is 0. The van der Waals surface area contributed by atoms with E-state index in [0.29, 0.717) is 0 Å². The molecular formula is C7H5O6-. The molecule has 0 aromatic rings. The van der Waals surface area contributed by atoms with Gasteiger partial charge < -0.3 is 19.7 Å². The predicted molar refractivity (Wildman–Crippen MR) is 35.2 cm³/mol. The zero-order valence-electron chi connectivity index (χ0n) is 6.35. The highest BCUT2D eigenvalue weighted by atomic mass is 16.6. The van der Waals surface area contributed by atoms with Crippen LogP contribution in [0.2, 0.25) is 0 Å². The third-order valence-corrected chi connectivity index (χ3v) is 1.48. The van der Waals surface area contributed by atoms with E-state index in [0.717, 1.165) is 6.08 Å². The minimum atomic E-state index is -1.47. The van der Waals surface area contributed by atoms with E-state index < -0.39 is 30.4 Å². The Labute approximate surface area is 72.4 Å². The average Bonchev–Trinajstić information content (AvgIpc) is 2.29. The van der Waals surface area contributed by atoms with Gasteiger partial charge in [-0.3, -0.25) is 0 Å². The molecule has 0 aliphatic carbocycles. The van der Waals surface area contributed by atoms with Gasteiger partial charge >= 0.3 is 11.9 Å². The maximum Gasteiger partial charge on any atom is 0.335 e. The Kier molecular flexibility index (Phi) is 2.32. The standard InChI is InChI=1S/C7H6O6/c8-5(9)2-4-3(7(11)12)1-6(10)13-4/h1,4H,2H2,(H,8,9)(H,11,12)/p-1. The van der Waals surface area contributed by atoms with Crippen LogP contribution < -0.4 is 5.11 Å². The van der Waals surface area contributed by atoms with E-state index in [1.807, 2.05) is 0 Å². The van der Waals surface area contributed by atoms with Crippen LogP contribution in [-0.4, -0.2) is 29.1 Å². The van der Waals surface area contributed by atoms with Crippen LogP contribution in [-0.2, 0) is 19.1 Å². The molecule has 1 rings (SSSR count). The van der Waals surface area contributed by atoms with Gasteiger partial charge in [0.25, 0.3) is 0 Å². The second kappa shape index (κ2) is 3.26. The van der Waals surface area contributed by atoms with Crippen molar-refractivity contribution >= 4 is 17.9 Å². The molecule has 0 saturated heterocycles. The van der Waals surface area contributed by atoms with Gasteiger partial charge in [0.05, 0.1) is 5.57 Å². The molecule has 1 unspecified atom stereocenters. The maximum atomic E-state index is 10.6. The average molecular weight is 185 g/mol. The van der Waals surface area contributed by atoms with Crippen molar-refractivity contribution in [2.75, 3.05) is 0 Å². The first-order valence-corrected chi connectivity index (χ1v) is 3.36. The largest absolute Gasteiger partial charge is 0.550 e. The molecule has 0 saturated carbocycles. The van der Waals surface area contributed by atoms with Crippen LogP contribution in [0.4, 0.5) is 0 Å². The van der Waals surface area contributed by atoms with Crippen molar-refractivity contribution in [1.29, 1.82) is 0 Å². The number of carbonyl (C=O) groups excluding carboxylic acids is 2. The van der Waals surface area contributed by atoms with Crippen molar-refractivity contribution in [1.82, 2.24) is 0 Å². The molecule has 0 fully saturated rings. The zero-order valence-corrected chi connectivity index (χ0v) is 6.35. The Bertz CT molecular complexity index is 302. The SMILES string of the molecule is O=C([O-])CC1OC(=O)C=C1C(=O)O. The Morgan fingerprint density at radius 3 is 2.69 bits per heavy atom. The predicted octanol–water partition coefficient (Wildman–Crippen LogP) is -1.94. The molecule has 6 heteroatoms. The quantitative estimate of drug-likeness (QED) is 0.513. The molecule has 1 atom stereocenters. The van der Waals surface area contributed by atoms with E-state index in [1.165, 1.54) is 0 Å². The third kappa shape index (κ3) is 2.05. The molecular weight excluding hydrogens is 180 g/mol. The summed E-state index contributed by atoms with van der Waals surface area (Å²) >= 11 is 0. The highest BCUT2D eigenvalue weighted by molar-refractivity contribution is 6.00. The summed E-state index contributed by atoms with van der Waals surface area (Å²) < 4.78 is 4.41. The zero-order chi connectivity index (χ0) is 10.0. The van der Waals surface area contributed by atoms with Crippen molar-refractivity contribution in [2.24, 2.45) is 0 Å². The molecule has 13 heavy (non-hydrogen) atoms. The third-order valence-electron chi connectivity index (χ3n) is 1.48. The van der Waals surface area contributed by atoms with Crippen molar-refractivity contribution < 1.29 is 29.3 Å². The first-order chi connectivity index (χ1) is 6.00. The molecule has 70 valence electrons. The Morgan fingerprint density at radius 2 is 2.23 bits per heavy atom. The number of carboxylic acids is 2. The lowest BCUT2D eigenvalue weighted by atomic mass is 10.1. The van der Waals surface area contributed by atoms with E-state index >= 15 is 0 Å². The molecule has 0 spiro atoms. The van der Waals surface area contributed by atoms with Crippen molar-refractivity contribution in [3.8, 4) is 0 Å². The van der Waals surface area contributed by atoms with Gasteiger partial charge in [-0.2, -0.15) is 0 Å². The second-order valence-corrected chi connectivity index (χ2v) is 2.41. The summed E-state index contributed by atoms with van der Waals surface area (Å²) in [5.74, 6) is -3.67. The van der Waals surface area contributed by atoms with Crippen LogP contribution >= 0.6 is 0 Å². The number of hydrogen-bond donors (Lipinski definition) is 1. The summed E-state index contributed by atoms with van der Waals surface area (Å²) in [6.07, 6.45) is -1.10. The summed E-state index contributed by atoms with van der Waals surface area (Å²) in [4.78, 5) is 31.1. The smallest absolute Gasteiger partial charge is 0.335 e. The molecule has 0 aromatic heterocycles. The fourth-order valence-electron chi connectivity index (χ4n) is 0.960. The molecule has 0 amide bonds. The summed E-state index contributed by atoms with van der Waals surface area (Å²) in [5.41, 5.74) is -0.353. The van der Waals surface area contributed by atoms with Gasteiger partial charge in [0.2, 0.25) is 0 Å². The van der Waals surface area contributed by atoms with Crippen LogP contribution in [0.5, 0.6) is 0 Å². The van der Waals surface area contributed by atoms with Crippen LogP contribution in [0.15, 0.2) is 11.6 Å². The van der Waals surface area contributed by atoms with Crippen LogP contribution in [0.1, 0.15) is 6.42 Å². The van der Waals surface area contributed by atoms with Gasteiger partial charge in [-0.05, 0) is 0 Å². The van der Waals surface area contributed by atoms with E-state index in [1.54, 1.807) is 0 Å². The normalized spacial score (nSPS) is 20.8. The van der Waals surface area contributed by atoms with Gasteiger partial charge in [0.1, 0.15) is 6.10 Å². The van der Waals surface area contributed by atoms with Crippen molar-refractivity contribution in [3.05, 3.63) is 11.6 Å². The van der Waals surface area contributed by atoms with E-state index in [-0.39, 0.29) is 5.57 Å². The lowest BCUT2D eigenvalue weighted by molar-refractivity contribution is -0.306. The number of carbonyl (C=O) groups is 3. The fourth-order valence-corrected chi connectivity index (χ4v) is 0.960. The molecule has 0 radical (unpaired) electrons. The lowest BCUT2D eigenvalue weighted by Crippen LogP contribution is -2.30. The molecule has 0 bridgehead atoms. The minimum absolute atomic E-state index is 0.353. The Balaban J connectivity index is 2.77. The first kappa shape index (κ1) is 9.24. The molecule has 1 aliphatic heterocycles.